The lowest BCUT2D eigenvalue weighted by molar-refractivity contribution is -0.136. The summed E-state index contributed by atoms with van der Waals surface area (Å²) in [6, 6.07) is 3.50. The van der Waals surface area contributed by atoms with Crippen LogP contribution in [0.1, 0.15) is 50.5 Å². The van der Waals surface area contributed by atoms with Crippen LogP contribution in [0.15, 0.2) is 12.1 Å². The van der Waals surface area contributed by atoms with Gasteiger partial charge in [-0.15, -0.1) is 0 Å². The molecule has 1 saturated heterocycles. The van der Waals surface area contributed by atoms with Crippen molar-refractivity contribution in [3.8, 4) is 0 Å². The van der Waals surface area contributed by atoms with Gasteiger partial charge in [0.25, 0.3) is 0 Å². The summed E-state index contributed by atoms with van der Waals surface area (Å²) in [5.41, 5.74) is 7.77. The van der Waals surface area contributed by atoms with E-state index in [0.717, 1.165) is 36.4 Å². The number of nitrogens with one attached hydrogen (secondary N) is 1. The molecule has 0 unspecified atom stereocenters. The van der Waals surface area contributed by atoms with Gasteiger partial charge in [0.1, 0.15) is 0 Å². The molecule has 2 amide bonds. The predicted octanol–water partition coefficient (Wildman–Crippen LogP) is 3.94. The number of nitrogens with zero attached hydrogens (tertiary/aromatic N) is 2. The summed E-state index contributed by atoms with van der Waals surface area (Å²) in [6.45, 7) is 3.51. The Morgan fingerprint density at radius 3 is 2.21 bits per heavy atom. The maximum absolute atomic E-state index is 12.7. The average Bonchev–Trinajstić information content (AvgIpc) is 2.74. The smallest absolute Gasteiger partial charge is 0.242 e. The highest BCUT2D eigenvalue weighted by atomic mass is 35.5. The number of benzene rings is 1. The van der Waals surface area contributed by atoms with E-state index in [2.05, 4.69) is 10.2 Å². The van der Waals surface area contributed by atoms with Crippen LogP contribution in [-0.2, 0) is 16.1 Å². The van der Waals surface area contributed by atoms with Gasteiger partial charge in [-0.1, -0.05) is 23.2 Å². The second-order valence-electron chi connectivity index (χ2n) is 11.0. The van der Waals surface area contributed by atoms with Gasteiger partial charge >= 0.3 is 0 Å². The Hall–Kier alpha value is -1.50. The minimum Gasteiger partial charge on any atom is -0.397 e. The molecule has 4 aliphatic carbocycles. The molecule has 1 aromatic rings. The lowest BCUT2D eigenvalue weighted by Crippen LogP contribution is -2.51. The Bertz CT molecular complexity index is 894. The van der Waals surface area contributed by atoms with Crippen LogP contribution in [0.5, 0.6) is 0 Å². The van der Waals surface area contributed by atoms with Gasteiger partial charge in [-0.05, 0) is 79.4 Å². The molecule has 0 aromatic heterocycles. The number of nitrogen functional groups attached to an aromatic ring is 1. The Morgan fingerprint density at radius 2 is 1.61 bits per heavy atom. The van der Waals surface area contributed by atoms with Crippen LogP contribution < -0.4 is 11.1 Å². The van der Waals surface area contributed by atoms with Crippen LogP contribution in [0.25, 0.3) is 0 Å². The number of nitrogens with two attached hydrogens (primary N) is 1. The molecule has 0 spiro atoms. The fourth-order valence-electron chi connectivity index (χ4n) is 7.36. The molecule has 6 rings (SSSR count). The van der Waals surface area contributed by atoms with Crippen LogP contribution in [0.4, 0.5) is 5.69 Å². The topological polar surface area (TPSA) is 78.7 Å². The molecule has 6 nitrogen and oxygen atoms in total. The van der Waals surface area contributed by atoms with Gasteiger partial charge in [-0.2, -0.15) is 0 Å². The predicted molar refractivity (Wildman–Crippen MR) is 131 cm³/mol. The Morgan fingerprint density at radius 1 is 1.00 bits per heavy atom. The number of hydrogen-bond acceptors (Lipinski definition) is 4. The summed E-state index contributed by atoms with van der Waals surface area (Å²) in [5, 5.41) is 3.98. The molecule has 0 atom stereocenters. The molecule has 4 bridgehead atoms. The van der Waals surface area contributed by atoms with E-state index in [1.807, 2.05) is 11.0 Å². The van der Waals surface area contributed by atoms with Gasteiger partial charge in [0, 0.05) is 44.2 Å². The maximum Gasteiger partial charge on any atom is 0.242 e. The molecule has 4 saturated carbocycles. The Kier molecular flexibility index (Phi) is 6.53. The Balaban J connectivity index is 1.06. The summed E-state index contributed by atoms with van der Waals surface area (Å²) >= 11 is 12.3. The van der Waals surface area contributed by atoms with Crippen molar-refractivity contribution in [1.29, 1.82) is 0 Å². The van der Waals surface area contributed by atoms with Crippen molar-refractivity contribution in [2.45, 2.75) is 51.5 Å². The van der Waals surface area contributed by atoms with Crippen LogP contribution in [0.2, 0.25) is 10.0 Å². The summed E-state index contributed by atoms with van der Waals surface area (Å²) in [6.07, 6.45) is 8.37. The van der Waals surface area contributed by atoms with Gasteiger partial charge < -0.3 is 16.0 Å². The molecule has 1 aromatic carbocycles. The minimum absolute atomic E-state index is 0.00109. The van der Waals surface area contributed by atoms with Crippen molar-refractivity contribution in [2.24, 2.45) is 23.2 Å². The number of halogens is 2. The summed E-state index contributed by atoms with van der Waals surface area (Å²) in [7, 11) is 0. The van der Waals surface area contributed by atoms with Gasteiger partial charge in [0.15, 0.2) is 0 Å². The summed E-state index contributed by atoms with van der Waals surface area (Å²) < 4.78 is 0. The molecular formula is C25H34Cl2N4O2. The van der Waals surface area contributed by atoms with Gasteiger partial charge in [-0.25, -0.2) is 0 Å². The van der Waals surface area contributed by atoms with E-state index in [0.29, 0.717) is 41.8 Å². The molecule has 5 fully saturated rings. The fourth-order valence-corrected chi connectivity index (χ4v) is 7.90. The normalized spacial score (nSPS) is 31.1. The lowest BCUT2D eigenvalue weighted by atomic mass is 9.49. The monoisotopic (exact) mass is 492 g/mol. The number of rotatable bonds is 6. The maximum atomic E-state index is 12.7. The van der Waals surface area contributed by atoms with Crippen molar-refractivity contribution < 1.29 is 9.59 Å². The quantitative estimate of drug-likeness (QED) is 0.589. The van der Waals surface area contributed by atoms with Crippen molar-refractivity contribution in [2.75, 3.05) is 38.5 Å². The zero-order valence-electron chi connectivity index (χ0n) is 19.1. The largest absolute Gasteiger partial charge is 0.397 e. The average molecular weight is 493 g/mol. The number of amides is 2. The third kappa shape index (κ3) is 5.13. The molecule has 33 heavy (non-hydrogen) atoms. The van der Waals surface area contributed by atoms with E-state index >= 15 is 0 Å². The number of piperazine rings is 1. The lowest BCUT2D eigenvalue weighted by Gasteiger charge is -2.56. The number of carbonyl (C=O) groups is 2. The highest BCUT2D eigenvalue weighted by Gasteiger charge is 2.51. The van der Waals surface area contributed by atoms with Crippen molar-refractivity contribution in [1.82, 2.24) is 15.1 Å². The summed E-state index contributed by atoms with van der Waals surface area (Å²) in [5.74, 6) is 2.55. The second-order valence-corrected chi connectivity index (χ2v) is 11.8. The SMILES string of the molecule is Nc1c(Cl)cc(Cl)cc1CN1CCN(C(=O)CNC(=O)CC23CC4CC(CC(C4)C2)C3)CC1. The van der Waals surface area contributed by atoms with Gasteiger partial charge in [0.05, 0.1) is 17.3 Å². The van der Waals surface area contributed by atoms with E-state index < -0.39 is 0 Å². The first kappa shape index (κ1) is 23.3. The molecule has 0 radical (unpaired) electrons. The Labute approximate surface area is 206 Å². The van der Waals surface area contributed by atoms with Crippen LogP contribution in [0.3, 0.4) is 0 Å². The zero-order valence-corrected chi connectivity index (χ0v) is 20.6. The number of carbonyl (C=O) groups excluding carboxylic acids is 2. The molecule has 1 aliphatic heterocycles. The minimum atomic E-state index is -0.00109. The van der Waals surface area contributed by atoms with E-state index in [1.165, 1.54) is 38.5 Å². The van der Waals surface area contributed by atoms with Crippen LogP contribution >= 0.6 is 23.2 Å². The third-order valence-corrected chi connectivity index (χ3v) is 8.97. The first-order valence-electron chi connectivity index (χ1n) is 12.3. The molecule has 180 valence electrons. The third-order valence-electron chi connectivity index (χ3n) is 8.44. The van der Waals surface area contributed by atoms with Crippen LogP contribution in [-0.4, -0.2) is 54.3 Å². The van der Waals surface area contributed by atoms with E-state index in [4.69, 9.17) is 28.9 Å². The molecule has 8 heteroatoms. The number of hydrogen-bond donors (Lipinski definition) is 2. The summed E-state index contributed by atoms with van der Waals surface area (Å²) in [4.78, 5) is 29.5. The van der Waals surface area contributed by atoms with E-state index in [-0.39, 0.29) is 23.8 Å². The van der Waals surface area contributed by atoms with Gasteiger partial charge in [-0.3, -0.25) is 14.5 Å². The molecule has 1 heterocycles. The van der Waals surface area contributed by atoms with Crippen LogP contribution in [0, 0.1) is 23.2 Å². The fraction of sp³-hybridized carbons (Fsp3) is 0.680. The first-order valence-corrected chi connectivity index (χ1v) is 13.0. The first-order chi connectivity index (χ1) is 15.8. The molecule has 3 N–H and O–H groups in total. The second kappa shape index (κ2) is 9.27. The number of anilines is 1. The van der Waals surface area contributed by atoms with E-state index in [1.54, 1.807) is 6.07 Å². The van der Waals surface area contributed by atoms with Crippen molar-refractivity contribution in [3.05, 3.63) is 27.7 Å². The molecular weight excluding hydrogens is 459 g/mol. The highest BCUT2D eigenvalue weighted by Crippen LogP contribution is 2.61. The van der Waals surface area contributed by atoms with Gasteiger partial charge in [0.2, 0.25) is 11.8 Å². The highest BCUT2D eigenvalue weighted by molar-refractivity contribution is 6.36. The standard InChI is InChI=1S/C25H34Cl2N4O2/c26-20-8-19(24(28)21(27)9-20)15-30-1-3-31(4-2-30)23(33)14-29-22(32)13-25-10-16-5-17(11-25)7-18(6-16)12-25/h8-9,16-18H,1-7,10-15,28H2,(H,29,32). The van der Waals surface area contributed by atoms with Crippen molar-refractivity contribution >= 4 is 40.7 Å². The zero-order chi connectivity index (χ0) is 23.2. The van der Waals surface area contributed by atoms with E-state index in [9.17, 15) is 9.59 Å². The molecule has 5 aliphatic rings. The van der Waals surface area contributed by atoms with Crippen molar-refractivity contribution in [3.63, 3.8) is 0 Å².